The fourth-order valence-electron chi connectivity index (χ4n) is 3.89. The van der Waals surface area contributed by atoms with E-state index in [-0.39, 0.29) is 37.1 Å². The molecule has 1 aliphatic heterocycles. The SMILES string of the molecule is CSc1cccc2sc(N(Cc3cccnc3)C(=O)c3cccc(N4C(=O)CCC4=O)c3)nc12. The van der Waals surface area contributed by atoms with Crippen LogP contribution in [0.25, 0.3) is 10.2 Å². The van der Waals surface area contributed by atoms with E-state index in [4.69, 9.17) is 4.98 Å². The van der Waals surface area contributed by atoms with Crippen LogP contribution in [0.5, 0.6) is 0 Å². The Hall–Kier alpha value is -3.56. The second-order valence-corrected chi connectivity index (χ2v) is 9.59. The Morgan fingerprint density at radius 2 is 1.88 bits per heavy atom. The number of carbonyl (C=O) groups excluding carboxylic acids is 3. The average molecular weight is 489 g/mol. The molecule has 2 aromatic carbocycles. The van der Waals surface area contributed by atoms with Crippen LogP contribution in [0.15, 0.2) is 71.9 Å². The third-order valence-electron chi connectivity index (χ3n) is 5.53. The normalized spacial score (nSPS) is 13.6. The van der Waals surface area contributed by atoms with Crippen molar-refractivity contribution in [3.63, 3.8) is 0 Å². The van der Waals surface area contributed by atoms with E-state index in [1.165, 1.54) is 11.3 Å². The lowest BCUT2D eigenvalue weighted by molar-refractivity contribution is -0.121. The Balaban J connectivity index is 1.56. The highest BCUT2D eigenvalue weighted by Gasteiger charge is 2.31. The van der Waals surface area contributed by atoms with Gasteiger partial charge in [-0.05, 0) is 48.2 Å². The molecule has 170 valence electrons. The molecule has 2 aromatic heterocycles. The van der Waals surface area contributed by atoms with Gasteiger partial charge in [-0.25, -0.2) is 4.98 Å². The highest BCUT2D eigenvalue weighted by atomic mass is 32.2. The number of carbonyl (C=O) groups is 3. The third-order valence-corrected chi connectivity index (χ3v) is 7.35. The first-order chi connectivity index (χ1) is 16.5. The number of para-hydroxylation sites is 1. The van der Waals surface area contributed by atoms with Crippen LogP contribution in [0.1, 0.15) is 28.8 Å². The van der Waals surface area contributed by atoms with Crippen molar-refractivity contribution >= 4 is 61.9 Å². The molecule has 0 unspecified atom stereocenters. The molecule has 0 spiro atoms. The molecular formula is C25H20N4O3S2. The van der Waals surface area contributed by atoms with E-state index in [1.54, 1.807) is 53.3 Å². The summed E-state index contributed by atoms with van der Waals surface area (Å²) in [5, 5.41) is 0.573. The smallest absolute Gasteiger partial charge is 0.260 e. The molecule has 1 fully saturated rings. The van der Waals surface area contributed by atoms with Crippen LogP contribution >= 0.6 is 23.1 Å². The number of pyridine rings is 1. The van der Waals surface area contributed by atoms with Gasteiger partial charge in [0.2, 0.25) is 11.8 Å². The van der Waals surface area contributed by atoms with E-state index in [0.717, 1.165) is 25.6 Å². The van der Waals surface area contributed by atoms with E-state index >= 15 is 0 Å². The van der Waals surface area contributed by atoms with E-state index in [0.29, 0.717) is 16.4 Å². The van der Waals surface area contributed by atoms with Crippen molar-refractivity contribution in [3.8, 4) is 0 Å². The summed E-state index contributed by atoms with van der Waals surface area (Å²) in [6, 6.07) is 16.4. The van der Waals surface area contributed by atoms with Gasteiger partial charge in [-0.2, -0.15) is 0 Å². The van der Waals surface area contributed by atoms with Gasteiger partial charge in [0.15, 0.2) is 5.13 Å². The summed E-state index contributed by atoms with van der Waals surface area (Å²) in [4.78, 5) is 51.0. The molecule has 34 heavy (non-hydrogen) atoms. The lowest BCUT2D eigenvalue weighted by atomic mass is 10.1. The number of thiazole rings is 1. The summed E-state index contributed by atoms with van der Waals surface area (Å²) >= 11 is 3.06. The Morgan fingerprint density at radius 3 is 2.62 bits per heavy atom. The van der Waals surface area contributed by atoms with Gasteiger partial charge in [0.05, 0.1) is 22.4 Å². The Kier molecular flexibility index (Phi) is 6.12. The van der Waals surface area contributed by atoms with Gasteiger partial charge in [0.25, 0.3) is 5.91 Å². The first kappa shape index (κ1) is 22.2. The highest BCUT2D eigenvalue weighted by molar-refractivity contribution is 7.98. The number of fused-ring (bicyclic) bond motifs is 1. The summed E-state index contributed by atoms with van der Waals surface area (Å²) in [5.41, 5.74) is 2.51. The van der Waals surface area contributed by atoms with Crippen LogP contribution < -0.4 is 9.80 Å². The minimum atomic E-state index is -0.269. The first-order valence-corrected chi connectivity index (χ1v) is 12.7. The summed E-state index contributed by atoms with van der Waals surface area (Å²) in [7, 11) is 0. The number of hydrogen-bond donors (Lipinski definition) is 0. The van der Waals surface area contributed by atoms with Crippen molar-refractivity contribution < 1.29 is 14.4 Å². The predicted molar refractivity (Wildman–Crippen MR) is 134 cm³/mol. The first-order valence-electron chi connectivity index (χ1n) is 10.7. The summed E-state index contributed by atoms with van der Waals surface area (Å²) in [6.07, 6.45) is 5.78. The molecule has 0 aliphatic carbocycles. The number of benzene rings is 2. The third kappa shape index (κ3) is 4.20. The molecule has 3 amide bonds. The zero-order valence-corrected chi connectivity index (χ0v) is 19.9. The Labute approximate surface area is 204 Å². The van der Waals surface area contributed by atoms with Crippen molar-refractivity contribution in [1.82, 2.24) is 9.97 Å². The maximum Gasteiger partial charge on any atom is 0.260 e. The summed E-state index contributed by atoms with van der Waals surface area (Å²) in [5.74, 6) is -0.773. The van der Waals surface area contributed by atoms with E-state index < -0.39 is 0 Å². The molecular weight excluding hydrogens is 468 g/mol. The van der Waals surface area contributed by atoms with Gasteiger partial charge in [-0.1, -0.05) is 29.5 Å². The van der Waals surface area contributed by atoms with E-state index in [2.05, 4.69) is 4.98 Å². The molecule has 0 saturated carbocycles. The quantitative estimate of drug-likeness (QED) is 0.283. The zero-order valence-electron chi connectivity index (χ0n) is 18.3. The van der Waals surface area contributed by atoms with Gasteiger partial charge in [-0.15, -0.1) is 11.8 Å². The molecule has 9 heteroatoms. The fraction of sp³-hybridized carbons (Fsp3) is 0.160. The van der Waals surface area contributed by atoms with Gasteiger partial charge in [0, 0.05) is 35.7 Å². The topological polar surface area (TPSA) is 83.5 Å². The molecule has 0 radical (unpaired) electrons. The number of rotatable bonds is 6. The van der Waals surface area contributed by atoms with Crippen LogP contribution in [0, 0.1) is 0 Å². The van der Waals surface area contributed by atoms with Crippen molar-refractivity contribution in [2.24, 2.45) is 0 Å². The van der Waals surface area contributed by atoms with Crippen molar-refractivity contribution in [2.45, 2.75) is 24.3 Å². The molecule has 1 aliphatic rings. The fourth-order valence-corrected chi connectivity index (χ4v) is 5.51. The molecule has 0 atom stereocenters. The molecule has 1 saturated heterocycles. The highest BCUT2D eigenvalue weighted by Crippen LogP contribution is 2.35. The Bertz CT molecular complexity index is 1390. The molecule has 7 nitrogen and oxygen atoms in total. The summed E-state index contributed by atoms with van der Waals surface area (Å²) in [6.45, 7) is 0.285. The number of hydrogen-bond acceptors (Lipinski definition) is 7. The maximum absolute atomic E-state index is 13.8. The monoisotopic (exact) mass is 488 g/mol. The van der Waals surface area contributed by atoms with Crippen LogP contribution in [-0.2, 0) is 16.1 Å². The number of nitrogens with zero attached hydrogens (tertiary/aromatic N) is 4. The zero-order chi connectivity index (χ0) is 23.7. The molecule has 5 rings (SSSR count). The molecule has 4 aromatic rings. The van der Waals surface area contributed by atoms with Crippen LogP contribution in [0.4, 0.5) is 10.8 Å². The number of anilines is 2. The molecule has 0 bridgehead atoms. The lowest BCUT2D eigenvalue weighted by Crippen LogP contribution is -2.31. The summed E-state index contributed by atoms with van der Waals surface area (Å²) < 4.78 is 0.993. The standard InChI is InChI=1S/C25H20N4O3S2/c1-33-19-8-3-9-20-23(19)27-25(34-20)28(15-16-5-4-12-26-14-16)24(32)17-6-2-7-18(13-17)29-21(30)10-11-22(29)31/h2-9,12-14H,10-11,15H2,1H3. The number of aromatic nitrogens is 2. The minimum Gasteiger partial charge on any atom is -0.279 e. The largest absolute Gasteiger partial charge is 0.279 e. The number of imide groups is 1. The van der Waals surface area contributed by atoms with Gasteiger partial charge >= 0.3 is 0 Å². The second kappa shape index (κ2) is 9.36. The van der Waals surface area contributed by atoms with Crippen LogP contribution in [0.3, 0.4) is 0 Å². The van der Waals surface area contributed by atoms with E-state index in [1.807, 2.05) is 36.6 Å². The second-order valence-electron chi connectivity index (χ2n) is 7.73. The van der Waals surface area contributed by atoms with Crippen LogP contribution in [-0.4, -0.2) is 33.9 Å². The van der Waals surface area contributed by atoms with Gasteiger partial charge < -0.3 is 0 Å². The average Bonchev–Trinajstić information content (AvgIpc) is 3.45. The molecule has 0 N–H and O–H groups in total. The van der Waals surface area contributed by atoms with Crippen molar-refractivity contribution in [3.05, 3.63) is 78.1 Å². The number of amides is 3. The minimum absolute atomic E-state index is 0.188. The Morgan fingerprint density at radius 1 is 1.09 bits per heavy atom. The lowest BCUT2D eigenvalue weighted by Gasteiger charge is -2.21. The predicted octanol–water partition coefficient (Wildman–Crippen LogP) is 4.91. The van der Waals surface area contributed by atoms with Gasteiger partial charge in [0.1, 0.15) is 0 Å². The van der Waals surface area contributed by atoms with Gasteiger partial charge in [-0.3, -0.25) is 29.2 Å². The number of thioether (sulfide) groups is 1. The van der Waals surface area contributed by atoms with Crippen molar-refractivity contribution in [1.29, 1.82) is 0 Å². The van der Waals surface area contributed by atoms with E-state index in [9.17, 15) is 14.4 Å². The maximum atomic E-state index is 13.8. The van der Waals surface area contributed by atoms with Crippen molar-refractivity contribution in [2.75, 3.05) is 16.1 Å². The molecule has 3 heterocycles. The van der Waals surface area contributed by atoms with Crippen LogP contribution in [0.2, 0.25) is 0 Å².